The Morgan fingerprint density at radius 1 is 1.26 bits per heavy atom. The van der Waals surface area contributed by atoms with E-state index >= 15 is 0 Å². The molecule has 0 heterocycles. The molecular weight excluding hydrogens is 298 g/mol. The van der Waals surface area contributed by atoms with E-state index in [-0.39, 0.29) is 11.4 Å². The van der Waals surface area contributed by atoms with Crippen LogP contribution in [0.4, 0.5) is 11.4 Å². The average molecular weight is 311 g/mol. The van der Waals surface area contributed by atoms with Crippen LogP contribution >= 0.6 is 0 Å². The van der Waals surface area contributed by atoms with Gasteiger partial charge in [-0.15, -0.1) is 0 Å². The summed E-state index contributed by atoms with van der Waals surface area (Å²) in [6, 6.07) is 14.1. The van der Waals surface area contributed by atoms with Crippen LogP contribution in [-0.2, 0) is 4.79 Å². The summed E-state index contributed by atoms with van der Waals surface area (Å²) >= 11 is 0. The lowest BCUT2D eigenvalue weighted by Crippen LogP contribution is -2.30. The van der Waals surface area contributed by atoms with Crippen molar-refractivity contribution < 1.29 is 14.5 Å². The van der Waals surface area contributed by atoms with Gasteiger partial charge in [-0.3, -0.25) is 14.9 Å². The number of nitrogens with one attached hydrogen (secondary N) is 1. The van der Waals surface area contributed by atoms with Crippen molar-refractivity contribution in [2.24, 2.45) is 0 Å². The van der Waals surface area contributed by atoms with Crippen molar-refractivity contribution in [1.82, 2.24) is 0 Å². The molecule has 2 aromatic carbocycles. The van der Waals surface area contributed by atoms with Gasteiger partial charge < -0.3 is 10.1 Å². The maximum atomic E-state index is 12.1. The standard InChI is InChI=1S/C16H13N3O4/c1-11(23-13-8-6-12(10-17)7-9-13)16(20)18-14-4-2-3-5-15(14)19(21)22/h2-9,11H,1H3,(H,18,20)/t11-/m0/s1. The number of hydrogen-bond acceptors (Lipinski definition) is 5. The summed E-state index contributed by atoms with van der Waals surface area (Å²) in [7, 11) is 0. The van der Waals surface area contributed by atoms with Crippen LogP contribution in [0.25, 0.3) is 0 Å². The Morgan fingerprint density at radius 3 is 2.52 bits per heavy atom. The molecule has 2 rings (SSSR count). The van der Waals surface area contributed by atoms with Gasteiger partial charge in [0.2, 0.25) is 0 Å². The Morgan fingerprint density at radius 2 is 1.91 bits per heavy atom. The van der Waals surface area contributed by atoms with Crippen molar-refractivity contribution in [3.63, 3.8) is 0 Å². The smallest absolute Gasteiger partial charge is 0.292 e. The van der Waals surface area contributed by atoms with Gasteiger partial charge in [-0.1, -0.05) is 12.1 Å². The van der Waals surface area contributed by atoms with Crippen LogP contribution in [-0.4, -0.2) is 16.9 Å². The van der Waals surface area contributed by atoms with Crippen LogP contribution < -0.4 is 10.1 Å². The Balaban J connectivity index is 2.05. The molecule has 1 N–H and O–H groups in total. The fraction of sp³-hybridized carbons (Fsp3) is 0.125. The number of carbonyl (C=O) groups is 1. The normalized spacial score (nSPS) is 11.1. The molecule has 0 saturated carbocycles. The zero-order valence-corrected chi connectivity index (χ0v) is 12.2. The molecule has 0 aliphatic rings. The molecule has 0 bridgehead atoms. The third-order valence-corrected chi connectivity index (χ3v) is 3.02. The summed E-state index contributed by atoms with van der Waals surface area (Å²) in [5, 5.41) is 22.1. The molecule has 0 fully saturated rings. The molecule has 1 atom stereocenters. The quantitative estimate of drug-likeness (QED) is 0.675. The number of nitro benzene ring substituents is 1. The van der Waals surface area contributed by atoms with Crippen molar-refractivity contribution in [2.45, 2.75) is 13.0 Å². The summed E-state index contributed by atoms with van der Waals surface area (Å²) in [6.45, 7) is 1.53. The van der Waals surface area contributed by atoms with Crippen molar-refractivity contribution >= 4 is 17.3 Å². The Kier molecular flexibility index (Phi) is 4.89. The molecule has 0 radical (unpaired) electrons. The first kappa shape index (κ1) is 16.0. The average Bonchev–Trinajstić information content (AvgIpc) is 2.55. The molecule has 23 heavy (non-hydrogen) atoms. The van der Waals surface area contributed by atoms with E-state index in [9.17, 15) is 14.9 Å². The summed E-state index contributed by atoms with van der Waals surface area (Å²) in [5.74, 6) is -0.0853. The van der Waals surface area contributed by atoms with Gasteiger partial charge in [0.15, 0.2) is 6.10 Å². The fourth-order valence-electron chi connectivity index (χ4n) is 1.84. The second-order valence-corrected chi connectivity index (χ2v) is 4.66. The molecule has 0 aliphatic carbocycles. The number of carbonyl (C=O) groups excluding carboxylic acids is 1. The van der Waals surface area contributed by atoms with Gasteiger partial charge in [0.05, 0.1) is 16.6 Å². The van der Waals surface area contributed by atoms with E-state index in [2.05, 4.69) is 5.32 Å². The maximum absolute atomic E-state index is 12.1. The number of para-hydroxylation sites is 2. The first-order chi connectivity index (χ1) is 11.0. The molecule has 0 aliphatic heterocycles. The first-order valence-corrected chi connectivity index (χ1v) is 6.72. The number of anilines is 1. The highest BCUT2D eigenvalue weighted by atomic mass is 16.6. The van der Waals surface area contributed by atoms with E-state index in [1.807, 2.05) is 6.07 Å². The van der Waals surface area contributed by atoms with E-state index < -0.39 is 16.9 Å². The van der Waals surface area contributed by atoms with E-state index in [1.54, 1.807) is 30.3 Å². The highest BCUT2D eigenvalue weighted by molar-refractivity contribution is 5.96. The lowest BCUT2D eigenvalue weighted by atomic mass is 10.2. The number of amides is 1. The maximum Gasteiger partial charge on any atom is 0.292 e. The van der Waals surface area contributed by atoms with Gasteiger partial charge in [0, 0.05) is 6.07 Å². The summed E-state index contributed by atoms with van der Waals surface area (Å²) in [4.78, 5) is 22.5. The zero-order valence-electron chi connectivity index (χ0n) is 12.2. The second-order valence-electron chi connectivity index (χ2n) is 4.66. The summed E-state index contributed by atoms with van der Waals surface area (Å²) in [6.07, 6.45) is -0.859. The van der Waals surface area contributed by atoms with Gasteiger partial charge in [-0.25, -0.2) is 0 Å². The van der Waals surface area contributed by atoms with E-state index in [1.165, 1.54) is 25.1 Å². The second kappa shape index (κ2) is 7.04. The number of hydrogen-bond donors (Lipinski definition) is 1. The lowest BCUT2D eigenvalue weighted by Gasteiger charge is -2.14. The fourth-order valence-corrected chi connectivity index (χ4v) is 1.84. The molecule has 0 unspecified atom stereocenters. The third-order valence-electron chi connectivity index (χ3n) is 3.02. The molecular formula is C16H13N3O4. The van der Waals surface area contributed by atoms with E-state index in [0.29, 0.717) is 11.3 Å². The van der Waals surface area contributed by atoms with Gasteiger partial charge in [-0.05, 0) is 37.3 Å². The van der Waals surface area contributed by atoms with Gasteiger partial charge in [-0.2, -0.15) is 5.26 Å². The number of ether oxygens (including phenoxy) is 1. The molecule has 2 aromatic rings. The SMILES string of the molecule is C[C@H](Oc1ccc(C#N)cc1)C(=O)Nc1ccccc1[N+](=O)[O-]. The van der Waals surface area contributed by atoms with Crippen molar-refractivity contribution in [3.05, 3.63) is 64.2 Å². The molecule has 0 aromatic heterocycles. The molecule has 0 saturated heterocycles. The zero-order chi connectivity index (χ0) is 16.8. The minimum atomic E-state index is -0.859. The van der Waals surface area contributed by atoms with Crippen LogP contribution in [0.2, 0.25) is 0 Å². The molecule has 7 nitrogen and oxygen atoms in total. The van der Waals surface area contributed by atoms with Gasteiger partial charge in [0.1, 0.15) is 11.4 Å². The molecule has 116 valence electrons. The minimum Gasteiger partial charge on any atom is -0.481 e. The van der Waals surface area contributed by atoms with Crippen molar-refractivity contribution in [2.75, 3.05) is 5.32 Å². The van der Waals surface area contributed by atoms with Crippen LogP contribution in [0.3, 0.4) is 0 Å². The predicted octanol–water partition coefficient (Wildman–Crippen LogP) is 2.87. The van der Waals surface area contributed by atoms with Gasteiger partial charge >= 0.3 is 0 Å². The molecule has 1 amide bonds. The molecule has 7 heteroatoms. The number of nitriles is 1. The molecule has 0 spiro atoms. The Hall–Kier alpha value is -3.40. The topological polar surface area (TPSA) is 105 Å². The monoisotopic (exact) mass is 311 g/mol. The minimum absolute atomic E-state index is 0.109. The van der Waals surface area contributed by atoms with E-state index in [4.69, 9.17) is 10.00 Å². The van der Waals surface area contributed by atoms with Crippen molar-refractivity contribution in [3.8, 4) is 11.8 Å². The lowest BCUT2D eigenvalue weighted by molar-refractivity contribution is -0.383. The highest BCUT2D eigenvalue weighted by Crippen LogP contribution is 2.23. The largest absolute Gasteiger partial charge is 0.481 e. The van der Waals surface area contributed by atoms with Crippen LogP contribution in [0.1, 0.15) is 12.5 Å². The Labute approximate surface area is 132 Å². The summed E-state index contributed by atoms with van der Waals surface area (Å²) in [5.41, 5.74) is 0.401. The third kappa shape index (κ3) is 4.04. The number of nitrogens with zero attached hydrogens (tertiary/aromatic N) is 2. The van der Waals surface area contributed by atoms with E-state index in [0.717, 1.165) is 0 Å². The van der Waals surface area contributed by atoms with Crippen molar-refractivity contribution in [1.29, 1.82) is 5.26 Å². The van der Waals surface area contributed by atoms with Crippen LogP contribution in [0, 0.1) is 21.4 Å². The first-order valence-electron chi connectivity index (χ1n) is 6.72. The van der Waals surface area contributed by atoms with Crippen LogP contribution in [0.5, 0.6) is 5.75 Å². The summed E-state index contributed by atoms with van der Waals surface area (Å²) < 4.78 is 5.46. The Bertz CT molecular complexity index is 766. The predicted molar refractivity (Wildman–Crippen MR) is 83.0 cm³/mol. The number of benzene rings is 2. The number of nitro groups is 1. The highest BCUT2D eigenvalue weighted by Gasteiger charge is 2.19. The van der Waals surface area contributed by atoms with Crippen LogP contribution in [0.15, 0.2) is 48.5 Å². The number of rotatable bonds is 5. The van der Waals surface area contributed by atoms with Gasteiger partial charge in [0.25, 0.3) is 11.6 Å².